The van der Waals surface area contributed by atoms with Crippen molar-refractivity contribution in [2.75, 3.05) is 0 Å². The van der Waals surface area contributed by atoms with Crippen molar-refractivity contribution >= 4 is 10.9 Å². The van der Waals surface area contributed by atoms with E-state index in [2.05, 4.69) is 11.6 Å². The largest absolute Gasteiger partial charge is 0.455 e. The van der Waals surface area contributed by atoms with E-state index in [9.17, 15) is 18.3 Å². The van der Waals surface area contributed by atoms with Gasteiger partial charge in [-0.05, 0) is 50.6 Å². The van der Waals surface area contributed by atoms with Crippen molar-refractivity contribution < 1.29 is 23.0 Å². The summed E-state index contributed by atoms with van der Waals surface area (Å²) in [4.78, 5) is 4.07. The Labute approximate surface area is 154 Å². The Balaban J connectivity index is 2.11. The zero-order valence-corrected chi connectivity index (χ0v) is 14.9. The summed E-state index contributed by atoms with van der Waals surface area (Å²) >= 11 is 0. The van der Waals surface area contributed by atoms with Gasteiger partial charge >= 0.3 is 0 Å². The second-order valence-electron chi connectivity index (χ2n) is 6.49. The zero-order chi connectivity index (χ0) is 19.8. The number of halogens is 3. The Morgan fingerprint density at radius 2 is 1.89 bits per heavy atom. The average Bonchev–Trinajstić information content (AvgIpc) is 2.59. The summed E-state index contributed by atoms with van der Waals surface area (Å²) in [6, 6.07) is 8.08. The lowest BCUT2D eigenvalue weighted by Crippen LogP contribution is -2.22. The summed E-state index contributed by atoms with van der Waals surface area (Å²) in [6.45, 7) is 6.61. The summed E-state index contributed by atoms with van der Waals surface area (Å²) < 4.78 is 47.6. The number of hydrogen-bond donors (Lipinski definition) is 1. The van der Waals surface area contributed by atoms with Crippen LogP contribution in [-0.2, 0) is 5.60 Å². The molecule has 1 heterocycles. The van der Waals surface area contributed by atoms with Crippen molar-refractivity contribution in [3.8, 4) is 11.5 Å². The second-order valence-corrected chi connectivity index (χ2v) is 6.49. The number of fused-ring (bicyclic) bond motifs is 1. The molecule has 3 aromatic rings. The first-order valence-electron chi connectivity index (χ1n) is 8.30. The van der Waals surface area contributed by atoms with Crippen molar-refractivity contribution in [1.82, 2.24) is 4.98 Å². The Hall–Kier alpha value is -2.86. The van der Waals surface area contributed by atoms with Crippen LogP contribution in [0, 0.1) is 24.4 Å². The molecule has 0 saturated carbocycles. The first kappa shape index (κ1) is 18.9. The highest BCUT2D eigenvalue weighted by molar-refractivity contribution is 5.81. The molecule has 0 aliphatic heterocycles. The molecule has 0 radical (unpaired) electrons. The van der Waals surface area contributed by atoms with Crippen LogP contribution in [0.3, 0.4) is 0 Å². The number of aromatic nitrogens is 1. The molecule has 27 heavy (non-hydrogen) atoms. The molecule has 6 heteroatoms. The molecule has 2 aromatic carbocycles. The van der Waals surface area contributed by atoms with Crippen LogP contribution in [0.25, 0.3) is 10.9 Å². The lowest BCUT2D eigenvalue weighted by Gasteiger charge is -2.25. The predicted molar refractivity (Wildman–Crippen MR) is 97.3 cm³/mol. The molecule has 3 nitrogen and oxygen atoms in total. The normalized spacial score (nSPS) is 13.4. The molecular formula is C21H18F3NO2. The maximum absolute atomic E-state index is 14.4. The average molecular weight is 373 g/mol. The van der Waals surface area contributed by atoms with Crippen LogP contribution in [0.2, 0.25) is 0 Å². The maximum Gasteiger partial charge on any atom is 0.184 e. The monoisotopic (exact) mass is 373 g/mol. The Morgan fingerprint density at radius 1 is 1.15 bits per heavy atom. The number of aryl methyl sites for hydroxylation is 1. The summed E-state index contributed by atoms with van der Waals surface area (Å²) in [7, 11) is 0. The molecule has 0 aliphatic carbocycles. The van der Waals surface area contributed by atoms with Gasteiger partial charge in [-0.15, -0.1) is 6.58 Å². The summed E-state index contributed by atoms with van der Waals surface area (Å²) in [5, 5.41) is 11.0. The fraction of sp³-hybridized carbons (Fsp3) is 0.190. The van der Waals surface area contributed by atoms with Gasteiger partial charge in [0.2, 0.25) is 0 Å². The number of ether oxygens (including phenoxy) is 1. The van der Waals surface area contributed by atoms with E-state index in [1.165, 1.54) is 43.3 Å². The Morgan fingerprint density at radius 3 is 2.59 bits per heavy atom. The predicted octanol–water partition coefficient (Wildman–Crippen LogP) is 5.54. The van der Waals surface area contributed by atoms with Crippen LogP contribution in [0.1, 0.15) is 24.6 Å². The standard InChI is InChI=1S/C21H18F3NO2/c1-4-10-21(3,26)18-14(22)6-5-7-16(18)27-17-11-13-8-9-15(23)19(24)20(13)25-12(17)2/h4-9,11,26H,1,10H2,2-3H3. The molecule has 1 atom stereocenters. The lowest BCUT2D eigenvalue weighted by molar-refractivity contribution is 0.0545. The van der Waals surface area contributed by atoms with Gasteiger partial charge in [0.1, 0.15) is 22.8 Å². The number of hydrogen-bond acceptors (Lipinski definition) is 3. The van der Waals surface area contributed by atoms with Crippen molar-refractivity contribution in [1.29, 1.82) is 0 Å². The van der Waals surface area contributed by atoms with Crippen molar-refractivity contribution in [2.45, 2.75) is 25.9 Å². The van der Waals surface area contributed by atoms with Gasteiger partial charge in [0.15, 0.2) is 11.6 Å². The van der Waals surface area contributed by atoms with Crippen LogP contribution in [-0.4, -0.2) is 10.1 Å². The van der Waals surface area contributed by atoms with Gasteiger partial charge in [0.05, 0.1) is 16.9 Å². The van der Waals surface area contributed by atoms with Gasteiger partial charge in [-0.1, -0.05) is 12.1 Å². The molecule has 0 aliphatic rings. The fourth-order valence-electron chi connectivity index (χ4n) is 2.97. The first-order valence-corrected chi connectivity index (χ1v) is 8.30. The minimum atomic E-state index is -1.53. The third-order valence-corrected chi connectivity index (χ3v) is 4.30. The molecule has 0 fully saturated rings. The van der Waals surface area contributed by atoms with Crippen molar-refractivity contribution in [2.24, 2.45) is 0 Å². The molecule has 1 N–H and O–H groups in total. The van der Waals surface area contributed by atoms with E-state index in [0.29, 0.717) is 11.1 Å². The molecule has 1 unspecified atom stereocenters. The van der Waals surface area contributed by atoms with Crippen LogP contribution in [0.5, 0.6) is 11.5 Å². The molecule has 0 saturated heterocycles. The van der Waals surface area contributed by atoms with Crippen molar-refractivity contribution in [3.05, 3.63) is 77.8 Å². The van der Waals surface area contributed by atoms with Gasteiger partial charge in [-0.2, -0.15) is 0 Å². The maximum atomic E-state index is 14.4. The lowest BCUT2D eigenvalue weighted by atomic mass is 9.91. The first-order chi connectivity index (χ1) is 12.7. The SMILES string of the molecule is C=CCC(C)(O)c1c(F)cccc1Oc1cc2ccc(F)c(F)c2nc1C. The number of nitrogens with zero attached hydrogens (tertiary/aromatic N) is 1. The van der Waals surface area contributed by atoms with E-state index < -0.39 is 23.1 Å². The molecule has 0 bridgehead atoms. The minimum Gasteiger partial charge on any atom is -0.455 e. The molecule has 3 rings (SSSR count). The zero-order valence-electron chi connectivity index (χ0n) is 14.9. The molecular weight excluding hydrogens is 355 g/mol. The van der Waals surface area contributed by atoms with E-state index in [4.69, 9.17) is 4.74 Å². The highest BCUT2D eigenvalue weighted by Gasteiger charge is 2.29. The molecule has 0 spiro atoms. The molecule has 0 amide bonds. The van der Waals surface area contributed by atoms with Crippen LogP contribution < -0.4 is 4.74 Å². The van der Waals surface area contributed by atoms with E-state index in [-0.39, 0.29) is 29.0 Å². The van der Waals surface area contributed by atoms with Gasteiger partial charge in [-0.3, -0.25) is 0 Å². The minimum absolute atomic E-state index is 0.0188. The number of rotatable bonds is 5. The highest BCUT2D eigenvalue weighted by atomic mass is 19.2. The van der Waals surface area contributed by atoms with E-state index in [0.717, 1.165) is 6.07 Å². The number of pyridine rings is 1. The summed E-state index contributed by atoms with van der Waals surface area (Å²) in [6.07, 6.45) is 1.60. The molecule has 1 aromatic heterocycles. The van der Waals surface area contributed by atoms with Crippen LogP contribution in [0.4, 0.5) is 13.2 Å². The fourth-order valence-corrected chi connectivity index (χ4v) is 2.97. The van der Waals surface area contributed by atoms with E-state index in [1.807, 2.05) is 0 Å². The molecule has 140 valence electrons. The quantitative estimate of drug-likeness (QED) is 0.598. The van der Waals surface area contributed by atoms with E-state index in [1.54, 1.807) is 6.92 Å². The second kappa shape index (κ2) is 7.04. The van der Waals surface area contributed by atoms with Crippen LogP contribution in [0.15, 0.2) is 49.1 Å². The number of aliphatic hydroxyl groups is 1. The van der Waals surface area contributed by atoms with Crippen molar-refractivity contribution in [3.63, 3.8) is 0 Å². The topological polar surface area (TPSA) is 42.4 Å². The van der Waals surface area contributed by atoms with E-state index >= 15 is 0 Å². The van der Waals surface area contributed by atoms with Gasteiger partial charge in [0.25, 0.3) is 0 Å². The van der Waals surface area contributed by atoms with Gasteiger partial charge in [-0.25, -0.2) is 18.2 Å². The smallest absolute Gasteiger partial charge is 0.184 e. The number of benzene rings is 2. The highest BCUT2D eigenvalue weighted by Crippen LogP contribution is 2.38. The van der Waals surface area contributed by atoms with Crippen LogP contribution >= 0.6 is 0 Å². The third-order valence-electron chi connectivity index (χ3n) is 4.30. The Kier molecular flexibility index (Phi) is 4.93. The van der Waals surface area contributed by atoms with Gasteiger partial charge < -0.3 is 9.84 Å². The third kappa shape index (κ3) is 3.53. The van der Waals surface area contributed by atoms with Gasteiger partial charge in [0, 0.05) is 5.39 Å². The summed E-state index contributed by atoms with van der Waals surface area (Å²) in [5.41, 5.74) is -1.37. The summed E-state index contributed by atoms with van der Waals surface area (Å²) in [5.74, 6) is -2.30. The Bertz CT molecular complexity index is 1030.